The number of hydrogen-bond acceptors (Lipinski definition) is 6. The molecule has 4 aromatic heterocycles. The molecule has 26 heavy (non-hydrogen) atoms. The van der Waals surface area contributed by atoms with Crippen LogP contribution in [0.25, 0.3) is 20.7 Å². The highest BCUT2D eigenvalue weighted by Gasteiger charge is 2.36. The molecule has 4 heterocycles. The van der Waals surface area contributed by atoms with Crippen LogP contribution in [-0.4, -0.2) is 15.9 Å². The molecule has 0 amide bonds. The monoisotopic (exact) mass is 381 g/mol. The molecular weight excluding hydrogens is 366 g/mol. The van der Waals surface area contributed by atoms with Crippen molar-refractivity contribution in [1.29, 1.82) is 0 Å². The second-order valence-corrected chi connectivity index (χ2v) is 8.31. The van der Waals surface area contributed by atoms with Crippen molar-refractivity contribution in [1.82, 2.24) is 9.66 Å². The van der Waals surface area contributed by atoms with Crippen molar-refractivity contribution in [3.63, 3.8) is 0 Å². The zero-order chi connectivity index (χ0) is 17.7. The average Bonchev–Trinajstić information content (AvgIpc) is 3.14. The van der Waals surface area contributed by atoms with Crippen LogP contribution in [0.3, 0.4) is 0 Å². The van der Waals surface area contributed by atoms with Crippen LogP contribution in [0.1, 0.15) is 30.8 Å². The lowest BCUT2D eigenvalue weighted by atomic mass is 10.2. The second kappa shape index (κ2) is 6.03. The third-order valence-electron chi connectivity index (χ3n) is 4.70. The molecule has 7 heteroatoms. The summed E-state index contributed by atoms with van der Waals surface area (Å²) in [6.45, 7) is 2.22. The van der Waals surface area contributed by atoms with Crippen LogP contribution in [0.2, 0.25) is 0 Å². The highest BCUT2D eigenvalue weighted by Crippen LogP contribution is 2.47. The van der Waals surface area contributed by atoms with Crippen LogP contribution < -0.4 is 5.56 Å². The van der Waals surface area contributed by atoms with Crippen molar-refractivity contribution in [3.8, 4) is 10.4 Å². The molecule has 5 rings (SSSR count). The second-order valence-electron chi connectivity index (χ2n) is 6.51. The van der Waals surface area contributed by atoms with E-state index in [1.54, 1.807) is 17.6 Å². The summed E-state index contributed by atoms with van der Waals surface area (Å²) in [5, 5.41) is 8.87. The fraction of sp³-hybridized carbons (Fsp3) is 0.211. The van der Waals surface area contributed by atoms with E-state index >= 15 is 0 Å². The van der Waals surface area contributed by atoms with Crippen molar-refractivity contribution >= 4 is 39.1 Å². The van der Waals surface area contributed by atoms with Gasteiger partial charge >= 0.3 is 0 Å². The minimum absolute atomic E-state index is 0.168. The van der Waals surface area contributed by atoms with Crippen LogP contribution in [-0.2, 0) is 0 Å². The van der Waals surface area contributed by atoms with Crippen LogP contribution >= 0.6 is 22.7 Å². The molecular formula is C19H15N3O2S2. The molecule has 0 aliphatic heterocycles. The average molecular weight is 381 g/mol. The maximum absolute atomic E-state index is 12.9. The molecule has 0 saturated heterocycles. The van der Waals surface area contributed by atoms with Gasteiger partial charge in [0, 0.05) is 21.7 Å². The molecule has 5 nitrogen and oxygen atoms in total. The molecule has 0 bridgehead atoms. The first-order valence-corrected chi connectivity index (χ1v) is 10.1. The van der Waals surface area contributed by atoms with Gasteiger partial charge < -0.3 is 4.42 Å². The lowest BCUT2D eigenvalue weighted by Crippen LogP contribution is -2.16. The quantitative estimate of drug-likeness (QED) is 0.478. The van der Waals surface area contributed by atoms with Crippen LogP contribution in [0.4, 0.5) is 0 Å². The number of rotatable bonds is 4. The standard InChI is InChI=1S/C19H15N3O2S2/c1-11-7-13(11)15-5-4-12(24-15)8-21-22-10-20-18-17(19(22)23)14(9-26-18)16-3-2-6-25-16/h2-6,8-11,13H,7H2,1H3/b21-8-/t11-,13-/m0/s1. The SMILES string of the molecule is C[C@H]1C[C@@H]1c1ccc(/C=N\n2cnc3scc(-c4cccs4)c3c2=O)o1. The van der Waals surface area contributed by atoms with E-state index in [1.807, 2.05) is 35.0 Å². The Labute approximate surface area is 157 Å². The molecule has 0 aromatic carbocycles. The first-order valence-electron chi connectivity index (χ1n) is 8.37. The normalized spacial score (nSPS) is 19.6. The van der Waals surface area contributed by atoms with E-state index in [0.717, 1.165) is 21.0 Å². The minimum Gasteiger partial charge on any atom is -0.460 e. The molecule has 0 radical (unpaired) electrons. The van der Waals surface area contributed by atoms with Crippen LogP contribution in [0.15, 0.2) is 55.7 Å². The number of hydrogen-bond donors (Lipinski definition) is 0. The number of aromatic nitrogens is 2. The summed E-state index contributed by atoms with van der Waals surface area (Å²) >= 11 is 3.08. The first kappa shape index (κ1) is 15.7. The van der Waals surface area contributed by atoms with Crippen molar-refractivity contribution in [2.75, 3.05) is 0 Å². The summed E-state index contributed by atoms with van der Waals surface area (Å²) in [6, 6.07) is 7.87. The van der Waals surface area contributed by atoms with Gasteiger partial charge in [-0.1, -0.05) is 13.0 Å². The van der Waals surface area contributed by atoms with Gasteiger partial charge in [0.2, 0.25) is 0 Å². The Hall–Kier alpha value is -2.51. The van der Waals surface area contributed by atoms with Gasteiger partial charge in [0.15, 0.2) is 0 Å². The maximum Gasteiger partial charge on any atom is 0.283 e. The van der Waals surface area contributed by atoms with Crippen molar-refractivity contribution in [2.24, 2.45) is 11.0 Å². The third kappa shape index (κ3) is 2.64. The summed E-state index contributed by atoms with van der Waals surface area (Å²) in [4.78, 5) is 19.1. The fourth-order valence-electron chi connectivity index (χ4n) is 3.09. The Kier molecular flexibility index (Phi) is 3.65. The van der Waals surface area contributed by atoms with Crippen LogP contribution in [0, 0.1) is 5.92 Å². The van der Waals surface area contributed by atoms with Gasteiger partial charge in [0.1, 0.15) is 22.7 Å². The van der Waals surface area contributed by atoms with Gasteiger partial charge in [0.25, 0.3) is 5.56 Å². The van der Waals surface area contributed by atoms with E-state index < -0.39 is 0 Å². The van der Waals surface area contributed by atoms with E-state index in [-0.39, 0.29) is 5.56 Å². The molecule has 0 N–H and O–H groups in total. The fourth-order valence-corrected chi connectivity index (χ4v) is 4.81. The number of nitrogens with zero attached hydrogens (tertiary/aromatic N) is 3. The molecule has 130 valence electrons. The zero-order valence-electron chi connectivity index (χ0n) is 14.0. The van der Waals surface area contributed by atoms with E-state index in [4.69, 9.17) is 4.42 Å². The van der Waals surface area contributed by atoms with Gasteiger partial charge in [-0.25, -0.2) is 4.98 Å². The molecule has 0 spiro atoms. The van der Waals surface area contributed by atoms with Gasteiger partial charge in [-0.3, -0.25) is 4.79 Å². The molecule has 1 aliphatic carbocycles. The van der Waals surface area contributed by atoms with E-state index in [2.05, 4.69) is 17.0 Å². The number of furan rings is 1. The molecule has 2 atom stereocenters. The van der Waals surface area contributed by atoms with Crippen molar-refractivity contribution < 1.29 is 4.42 Å². The van der Waals surface area contributed by atoms with Crippen molar-refractivity contribution in [2.45, 2.75) is 19.3 Å². The summed E-state index contributed by atoms with van der Waals surface area (Å²) in [5.74, 6) is 2.86. The Morgan fingerprint density at radius 1 is 1.35 bits per heavy atom. The Morgan fingerprint density at radius 2 is 2.23 bits per heavy atom. The molecule has 0 unspecified atom stereocenters. The number of fused-ring (bicyclic) bond motifs is 1. The maximum atomic E-state index is 12.9. The Bertz CT molecular complexity index is 1170. The Balaban J connectivity index is 1.51. The Morgan fingerprint density at radius 3 is 3.00 bits per heavy atom. The lowest BCUT2D eigenvalue weighted by molar-refractivity contribution is 0.500. The van der Waals surface area contributed by atoms with Gasteiger partial charge in [0.05, 0.1) is 11.6 Å². The van der Waals surface area contributed by atoms with Crippen molar-refractivity contribution in [3.05, 3.63) is 63.2 Å². The van der Waals surface area contributed by atoms with E-state index in [0.29, 0.717) is 23.0 Å². The summed E-state index contributed by atoms with van der Waals surface area (Å²) in [5.41, 5.74) is 0.753. The van der Waals surface area contributed by atoms with E-state index in [9.17, 15) is 4.79 Å². The molecule has 1 aliphatic rings. The highest BCUT2D eigenvalue weighted by atomic mass is 32.1. The third-order valence-corrected chi connectivity index (χ3v) is 6.49. The minimum atomic E-state index is -0.168. The first-order chi connectivity index (χ1) is 12.7. The number of thiophene rings is 2. The van der Waals surface area contributed by atoms with E-state index in [1.165, 1.54) is 28.8 Å². The predicted molar refractivity (Wildman–Crippen MR) is 105 cm³/mol. The van der Waals surface area contributed by atoms with Gasteiger partial charge in [-0.2, -0.15) is 9.78 Å². The molecule has 4 aromatic rings. The van der Waals surface area contributed by atoms with Gasteiger partial charge in [-0.15, -0.1) is 22.7 Å². The zero-order valence-corrected chi connectivity index (χ0v) is 15.6. The van der Waals surface area contributed by atoms with Gasteiger partial charge in [-0.05, 0) is 35.9 Å². The summed E-state index contributed by atoms with van der Waals surface area (Å²) in [6.07, 6.45) is 4.21. The topological polar surface area (TPSA) is 60.4 Å². The predicted octanol–water partition coefficient (Wildman–Crippen LogP) is 4.79. The molecule has 1 fully saturated rings. The molecule has 1 saturated carbocycles. The lowest BCUT2D eigenvalue weighted by Gasteiger charge is -1.99. The summed E-state index contributed by atoms with van der Waals surface area (Å²) in [7, 11) is 0. The smallest absolute Gasteiger partial charge is 0.283 e. The van der Waals surface area contributed by atoms with Crippen LogP contribution in [0.5, 0.6) is 0 Å². The summed E-state index contributed by atoms with van der Waals surface area (Å²) < 4.78 is 7.09. The highest BCUT2D eigenvalue weighted by molar-refractivity contribution is 7.18. The largest absolute Gasteiger partial charge is 0.460 e.